The summed E-state index contributed by atoms with van der Waals surface area (Å²) in [4.78, 5) is 26.9. The number of ether oxygens (including phenoxy) is 6. The third kappa shape index (κ3) is 7.76. The molecule has 0 aromatic rings. The second-order valence-corrected chi connectivity index (χ2v) is 23.1. The Morgan fingerprint density at radius 2 is 1.38 bits per heavy atom. The molecule has 3 heterocycles. The topological polar surface area (TPSA) is 292 Å². The third-order valence-electron chi connectivity index (χ3n) is 18.9. The van der Waals surface area contributed by atoms with Gasteiger partial charge in [-0.05, 0) is 109 Å². The van der Waals surface area contributed by atoms with Crippen LogP contribution >= 0.6 is 0 Å². The third-order valence-corrected chi connectivity index (χ3v) is 18.9. The average molecular weight is 927 g/mol. The predicted octanol–water partition coefficient (Wildman–Crippen LogP) is 0.872. The molecule has 10 N–H and O–H groups in total. The van der Waals surface area contributed by atoms with E-state index >= 15 is 0 Å². The van der Waals surface area contributed by atoms with Gasteiger partial charge in [-0.2, -0.15) is 0 Å². The summed E-state index contributed by atoms with van der Waals surface area (Å²) in [5.74, 6) is -1.83. The minimum atomic E-state index is -1.92. The SMILES string of the molecule is CC1(C)CC[C@]2(C(=O)O[C@@H]3O[C@H](CO)[C@@H](O)[C@H](O)[C@H]3O)CC[C@]3(C)C(=CC[C@@H]4[C@@]5(C)CC[C@H](O[C@@H]6O[C@H](C(=O)O)[C@@H](O)[C@H](O)[C@H]6O[C@H]6OC[C@@H](O)[C@H](O)[C@H]6O)C(C)(C)[C@@H]5CC[C@]43C)[C@@H]2C1. The Kier molecular flexibility index (Phi) is 13.1. The van der Waals surface area contributed by atoms with Crippen LogP contribution in [0.1, 0.15) is 113 Å². The highest BCUT2D eigenvalue weighted by Crippen LogP contribution is 2.76. The van der Waals surface area contributed by atoms with Crippen molar-refractivity contribution in [2.24, 2.45) is 50.2 Å². The molecular weight excluding hydrogens is 852 g/mol. The van der Waals surface area contributed by atoms with E-state index in [2.05, 4.69) is 54.5 Å². The highest BCUT2D eigenvalue weighted by Gasteiger charge is 2.70. The molecule has 0 aromatic carbocycles. The number of aliphatic hydroxyl groups is 9. The summed E-state index contributed by atoms with van der Waals surface area (Å²) in [7, 11) is 0. The number of esters is 1. The standard InChI is InChI=1S/C47H74O18/c1-42(2)14-16-47(41(59)65-39-34(56)30(52)29(51)24(19-48)61-39)17-15-45(6)21(22(47)18-42)8-9-26-44(5)12-11-27(43(3,4)25(44)10-13-46(26,45)7)62-40-36(32(54)31(53)35(63-40)37(57)58)64-38-33(55)28(50)23(49)20-60-38/h8,22-36,38-40,48-56H,9-20H2,1-7H3,(H,57,58)/t22-,23+,24+,25-,26+,27-,28-,29+,30-,31-,32-,33+,34+,35-,36+,38+,39-,40+,44-,45+,46+,47-/m0/s1. The molecule has 0 spiro atoms. The molecular formula is C47H74O18. The van der Waals surface area contributed by atoms with E-state index in [0.717, 1.165) is 44.9 Å². The molecule has 8 aliphatic rings. The number of carboxylic acid groups (broad SMARTS) is 1. The molecule has 0 aromatic heterocycles. The Balaban J connectivity index is 1.05. The van der Waals surface area contributed by atoms with E-state index in [-0.39, 0.29) is 46.0 Å². The molecule has 0 bridgehead atoms. The van der Waals surface area contributed by atoms with Crippen molar-refractivity contribution < 1.29 is 89.1 Å². The summed E-state index contributed by atoms with van der Waals surface area (Å²) in [6, 6.07) is 0. The summed E-state index contributed by atoms with van der Waals surface area (Å²) < 4.78 is 35.5. The van der Waals surface area contributed by atoms with E-state index in [9.17, 15) is 60.7 Å². The molecule has 18 heteroatoms. The number of hydrogen-bond acceptors (Lipinski definition) is 17. The smallest absolute Gasteiger partial charge is 0.335 e. The fraction of sp³-hybridized carbons (Fsp3) is 0.915. The largest absolute Gasteiger partial charge is 0.479 e. The minimum absolute atomic E-state index is 0.0713. The van der Waals surface area contributed by atoms with Gasteiger partial charge < -0.3 is 79.5 Å². The van der Waals surface area contributed by atoms with Gasteiger partial charge in [-0.15, -0.1) is 0 Å². The first-order valence-corrected chi connectivity index (χ1v) is 23.7. The highest BCUT2D eigenvalue weighted by atomic mass is 16.8. The molecule has 3 aliphatic heterocycles. The Bertz CT molecular complexity index is 1820. The van der Waals surface area contributed by atoms with E-state index in [4.69, 9.17) is 28.4 Å². The van der Waals surface area contributed by atoms with Crippen molar-refractivity contribution in [3.8, 4) is 0 Å². The Morgan fingerprint density at radius 3 is 2.06 bits per heavy atom. The number of rotatable bonds is 8. The number of aliphatic hydroxyl groups excluding tert-OH is 9. The number of carbonyl (C=O) groups is 2. The van der Waals surface area contributed by atoms with Crippen molar-refractivity contribution in [3.05, 3.63) is 11.6 Å². The van der Waals surface area contributed by atoms with Gasteiger partial charge in [0.2, 0.25) is 6.29 Å². The predicted molar refractivity (Wildman–Crippen MR) is 225 cm³/mol. The summed E-state index contributed by atoms with van der Waals surface area (Å²) in [6.07, 6.45) is -13.7. The second kappa shape index (κ2) is 17.2. The summed E-state index contributed by atoms with van der Waals surface area (Å²) in [6.45, 7) is 14.9. The van der Waals surface area contributed by atoms with Gasteiger partial charge >= 0.3 is 11.9 Å². The first kappa shape index (κ1) is 49.5. The first-order chi connectivity index (χ1) is 30.3. The number of allylic oxidation sites excluding steroid dienone is 2. The van der Waals surface area contributed by atoms with Crippen LogP contribution in [0.3, 0.4) is 0 Å². The summed E-state index contributed by atoms with van der Waals surface area (Å²) >= 11 is 0. The van der Waals surface area contributed by atoms with E-state index in [0.29, 0.717) is 19.3 Å². The number of fused-ring (bicyclic) bond motifs is 7. The van der Waals surface area contributed by atoms with Gasteiger partial charge in [0, 0.05) is 0 Å². The fourth-order valence-electron chi connectivity index (χ4n) is 14.7. The lowest BCUT2D eigenvalue weighted by Crippen LogP contribution is -2.67. The van der Waals surface area contributed by atoms with Crippen molar-refractivity contribution in [2.45, 2.75) is 205 Å². The fourth-order valence-corrected chi connectivity index (χ4v) is 14.7. The van der Waals surface area contributed by atoms with Crippen LogP contribution < -0.4 is 0 Å². The summed E-state index contributed by atoms with van der Waals surface area (Å²) in [5.41, 5.74) is -0.900. The monoisotopic (exact) mass is 926 g/mol. The molecule has 0 radical (unpaired) electrons. The molecule has 5 aliphatic carbocycles. The van der Waals surface area contributed by atoms with Gasteiger partial charge in [-0.1, -0.05) is 60.1 Å². The zero-order valence-corrected chi connectivity index (χ0v) is 38.7. The van der Waals surface area contributed by atoms with Crippen LogP contribution in [0, 0.1) is 50.2 Å². The maximum Gasteiger partial charge on any atom is 0.335 e. The molecule has 0 unspecified atom stereocenters. The lowest BCUT2D eigenvalue weighted by atomic mass is 9.33. The van der Waals surface area contributed by atoms with Crippen LogP contribution in [0.4, 0.5) is 0 Å². The molecule has 370 valence electrons. The van der Waals surface area contributed by atoms with Crippen molar-refractivity contribution in [3.63, 3.8) is 0 Å². The zero-order chi connectivity index (χ0) is 47.6. The highest BCUT2D eigenvalue weighted by molar-refractivity contribution is 5.79. The van der Waals surface area contributed by atoms with Crippen molar-refractivity contribution in [1.29, 1.82) is 0 Å². The van der Waals surface area contributed by atoms with Crippen LogP contribution in [0.2, 0.25) is 0 Å². The van der Waals surface area contributed by atoms with Crippen LogP contribution in [0.25, 0.3) is 0 Å². The van der Waals surface area contributed by atoms with Gasteiger partial charge in [-0.3, -0.25) is 4.79 Å². The van der Waals surface area contributed by atoms with E-state index < -0.39 is 121 Å². The van der Waals surface area contributed by atoms with Gasteiger partial charge in [0.15, 0.2) is 18.7 Å². The van der Waals surface area contributed by atoms with Gasteiger partial charge in [0.25, 0.3) is 0 Å². The van der Waals surface area contributed by atoms with Crippen LogP contribution in [-0.2, 0) is 38.0 Å². The van der Waals surface area contributed by atoms with Gasteiger partial charge in [0.1, 0.15) is 61.0 Å². The van der Waals surface area contributed by atoms with Gasteiger partial charge in [-0.25, -0.2) is 4.79 Å². The number of carbonyl (C=O) groups excluding carboxylic acids is 1. The van der Waals surface area contributed by atoms with E-state index in [1.165, 1.54) is 5.57 Å². The molecule has 4 saturated carbocycles. The lowest BCUT2D eigenvalue weighted by Gasteiger charge is -2.71. The molecule has 22 atom stereocenters. The maximum absolute atomic E-state index is 14.7. The molecule has 3 saturated heterocycles. The Hall–Kier alpha value is -1.88. The normalized spacial score (nSPS) is 52.7. The van der Waals surface area contributed by atoms with Crippen molar-refractivity contribution in [2.75, 3.05) is 13.2 Å². The number of carboxylic acids is 1. The molecule has 8 rings (SSSR count). The summed E-state index contributed by atoms with van der Waals surface area (Å²) in [5, 5.41) is 105. The molecule has 18 nitrogen and oxygen atoms in total. The molecule has 7 fully saturated rings. The number of hydrogen-bond donors (Lipinski definition) is 10. The second-order valence-electron chi connectivity index (χ2n) is 23.1. The molecule has 65 heavy (non-hydrogen) atoms. The van der Waals surface area contributed by atoms with Gasteiger partial charge in [0.05, 0.1) is 24.7 Å². The number of aliphatic carboxylic acids is 1. The first-order valence-electron chi connectivity index (χ1n) is 23.7. The van der Waals surface area contributed by atoms with Crippen molar-refractivity contribution in [1.82, 2.24) is 0 Å². The van der Waals surface area contributed by atoms with E-state index in [1.807, 2.05) is 0 Å². The average Bonchev–Trinajstić information content (AvgIpc) is 3.24. The van der Waals surface area contributed by atoms with Crippen LogP contribution in [-0.4, -0.2) is 168 Å². The minimum Gasteiger partial charge on any atom is -0.479 e. The van der Waals surface area contributed by atoms with Crippen molar-refractivity contribution >= 4 is 11.9 Å². The van der Waals surface area contributed by atoms with Crippen LogP contribution in [0.15, 0.2) is 11.6 Å². The quantitative estimate of drug-likeness (QED) is 0.0918. The Labute approximate surface area is 380 Å². The Morgan fingerprint density at radius 1 is 0.708 bits per heavy atom. The maximum atomic E-state index is 14.7. The van der Waals surface area contributed by atoms with Crippen LogP contribution in [0.5, 0.6) is 0 Å². The zero-order valence-electron chi connectivity index (χ0n) is 38.7. The van der Waals surface area contributed by atoms with E-state index in [1.54, 1.807) is 0 Å². The lowest BCUT2D eigenvalue weighted by molar-refractivity contribution is -0.366. The molecule has 0 amide bonds.